The van der Waals surface area contributed by atoms with Crippen LogP contribution in [0.3, 0.4) is 0 Å². The Hall–Kier alpha value is -3.35. The molecule has 0 heterocycles. The van der Waals surface area contributed by atoms with Gasteiger partial charge >= 0.3 is 5.97 Å². The van der Waals surface area contributed by atoms with Crippen LogP contribution in [-0.4, -0.2) is 36.4 Å². The Bertz CT molecular complexity index is 817. The Kier molecular flexibility index (Phi) is 6.73. The number of benzene rings is 2. The first-order valence-corrected chi connectivity index (χ1v) is 7.92. The van der Waals surface area contributed by atoms with Crippen LogP contribution in [0.25, 0.3) is 0 Å². The lowest BCUT2D eigenvalue weighted by Crippen LogP contribution is -2.24. The van der Waals surface area contributed by atoms with Crippen LogP contribution in [0.2, 0.25) is 0 Å². The van der Waals surface area contributed by atoms with Crippen LogP contribution in [0.15, 0.2) is 47.6 Å². The number of carbonyl (C=O) groups is 2. The Labute approximate surface area is 151 Å². The highest BCUT2D eigenvalue weighted by Gasteiger charge is 2.06. The maximum Gasteiger partial charge on any atom is 0.341 e. The molecule has 0 unspecified atom stereocenters. The van der Waals surface area contributed by atoms with E-state index < -0.39 is 18.5 Å². The van der Waals surface area contributed by atoms with Gasteiger partial charge in [0.25, 0.3) is 5.91 Å². The number of aryl methyl sites for hydroxylation is 1. The second-order valence-corrected chi connectivity index (χ2v) is 5.50. The number of nitrogens with zero attached hydrogens (tertiary/aromatic N) is 1. The summed E-state index contributed by atoms with van der Waals surface area (Å²) in [6, 6.07) is 12.4. The van der Waals surface area contributed by atoms with Crippen LogP contribution in [-0.2, 0) is 9.59 Å². The Morgan fingerprint density at radius 2 is 1.73 bits per heavy atom. The maximum absolute atomic E-state index is 11.8. The Morgan fingerprint density at radius 3 is 2.50 bits per heavy atom. The third-order valence-corrected chi connectivity index (χ3v) is 3.58. The first-order chi connectivity index (χ1) is 12.5. The van der Waals surface area contributed by atoms with Gasteiger partial charge in [-0.2, -0.15) is 5.10 Å². The smallest absolute Gasteiger partial charge is 0.341 e. The zero-order valence-corrected chi connectivity index (χ0v) is 14.6. The molecule has 0 aliphatic carbocycles. The zero-order valence-electron chi connectivity index (χ0n) is 14.6. The number of aliphatic carboxylic acids is 1. The van der Waals surface area contributed by atoms with Crippen LogP contribution < -0.4 is 14.9 Å². The molecule has 0 aliphatic heterocycles. The number of carboxylic acids is 1. The normalized spacial score (nSPS) is 10.5. The lowest BCUT2D eigenvalue weighted by atomic mass is 10.1. The number of carbonyl (C=O) groups excluding carboxylic acids is 1. The highest BCUT2D eigenvalue weighted by molar-refractivity contribution is 5.85. The van der Waals surface area contributed by atoms with Gasteiger partial charge in [-0.05, 0) is 43.2 Å². The molecule has 0 aliphatic rings. The highest BCUT2D eigenvalue weighted by atomic mass is 16.5. The molecule has 0 fully saturated rings. The molecule has 7 nitrogen and oxygen atoms in total. The zero-order chi connectivity index (χ0) is 18.9. The van der Waals surface area contributed by atoms with Gasteiger partial charge in [0, 0.05) is 5.56 Å². The summed E-state index contributed by atoms with van der Waals surface area (Å²) < 4.78 is 10.7. The number of hydrogen-bond acceptors (Lipinski definition) is 5. The molecule has 2 N–H and O–H groups in total. The minimum atomic E-state index is -1.08. The molecule has 2 rings (SSSR count). The standard InChI is InChI=1S/C19H20N2O5/c1-13-6-5-9-16(14(13)2)25-11-18(22)21-20-10-15-7-3-4-8-17(15)26-12-19(23)24/h3-10H,11-12H2,1-2H3,(H,21,22)(H,23,24)/b20-10-. The van der Waals surface area contributed by atoms with Crippen LogP contribution >= 0.6 is 0 Å². The highest BCUT2D eigenvalue weighted by Crippen LogP contribution is 2.20. The summed E-state index contributed by atoms with van der Waals surface area (Å²) >= 11 is 0. The number of hydrogen-bond donors (Lipinski definition) is 2. The van der Waals surface area contributed by atoms with Gasteiger partial charge in [-0.15, -0.1) is 0 Å². The van der Waals surface area contributed by atoms with Crippen LogP contribution in [0.1, 0.15) is 16.7 Å². The second kappa shape index (κ2) is 9.22. The maximum atomic E-state index is 11.8. The summed E-state index contributed by atoms with van der Waals surface area (Å²) in [5.74, 6) is -0.476. The molecule has 0 bridgehead atoms. The van der Waals surface area contributed by atoms with E-state index in [9.17, 15) is 9.59 Å². The van der Waals surface area contributed by atoms with E-state index in [4.69, 9.17) is 14.6 Å². The number of rotatable bonds is 8. The third-order valence-electron chi connectivity index (χ3n) is 3.58. The molecule has 1 amide bonds. The Morgan fingerprint density at radius 1 is 1.04 bits per heavy atom. The molecule has 26 heavy (non-hydrogen) atoms. The fourth-order valence-electron chi connectivity index (χ4n) is 2.09. The molecule has 0 spiro atoms. The van der Waals surface area contributed by atoms with Crippen molar-refractivity contribution < 1.29 is 24.2 Å². The molecule has 136 valence electrons. The van der Waals surface area contributed by atoms with Crippen molar-refractivity contribution >= 4 is 18.1 Å². The Balaban J connectivity index is 1.89. The molecular weight excluding hydrogens is 336 g/mol. The number of hydrazone groups is 1. The van der Waals surface area contributed by atoms with E-state index in [1.54, 1.807) is 30.3 Å². The SMILES string of the molecule is Cc1cccc(OCC(=O)N/N=C\c2ccccc2OCC(=O)O)c1C. The summed E-state index contributed by atoms with van der Waals surface area (Å²) in [5.41, 5.74) is 4.97. The number of ether oxygens (including phenoxy) is 2. The van der Waals surface area contributed by atoms with Gasteiger partial charge in [-0.3, -0.25) is 4.79 Å². The molecule has 2 aromatic carbocycles. The third kappa shape index (κ3) is 5.62. The average Bonchev–Trinajstić information content (AvgIpc) is 2.62. The van der Waals surface area contributed by atoms with E-state index in [0.29, 0.717) is 17.1 Å². The van der Waals surface area contributed by atoms with E-state index in [0.717, 1.165) is 11.1 Å². The van der Waals surface area contributed by atoms with E-state index in [2.05, 4.69) is 10.5 Å². The summed E-state index contributed by atoms with van der Waals surface area (Å²) in [6.07, 6.45) is 1.38. The van der Waals surface area contributed by atoms with E-state index in [-0.39, 0.29) is 6.61 Å². The van der Waals surface area contributed by atoms with Gasteiger partial charge < -0.3 is 14.6 Å². The van der Waals surface area contributed by atoms with Crippen molar-refractivity contribution in [2.45, 2.75) is 13.8 Å². The summed E-state index contributed by atoms with van der Waals surface area (Å²) in [6.45, 7) is 3.27. The monoisotopic (exact) mass is 356 g/mol. The summed E-state index contributed by atoms with van der Waals surface area (Å²) in [7, 11) is 0. The van der Waals surface area contributed by atoms with Crippen molar-refractivity contribution in [3.63, 3.8) is 0 Å². The molecule has 0 radical (unpaired) electrons. The largest absolute Gasteiger partial charge is 0.483 e. The van der Waals surface area contributed by atoms with Crippen molar-refractivity contribution in [3.8, 4) is 11.5 Å². The fourth-order valence-corrected chi connectivity index (χ4v) is 2.09. The van der Waals surface area contributed by atoms with Gasteiger partial charge in [0.1, 0.15) is 11.5 Å². The van der Waals surface area contributed by atoms with Gasteiger partial charge in [0.05, 0.1) is 6.21 Å². The lowest BCUT2D eigenvalue weighted by molar-refractivity contribution is -0.139. The topological polar surface area (TPSA) is 97.2 Å². The molecule has 0 aromatic heterocycles. The molecular formula is C19H20N2O5. The van der Waals surface area contributed by atoms with Crippen LogP contribution in [0, 0.1) is 13.8 Å². The number of nitrogens with one attached hydrogen (secondary N) is 1. The van der Waals surface area contributed by atoms with E-state index >= 15 is 0 Å². The van der Waals surface area contributed by atoms with E-state index in [1.165, 1.54) is 6.21 Å². The van der Waals surface area contributed by atoms with Crippen molar-refractivity contribution in [2.24, 2.45) is 5.10 Å². The lowest BCUT2D eigenvalue weighted by Gasteiger charge is -2.10. The molecule has 2 aromatic rings. The van der Waals surface area contributed by atoms with Gasteiger partial charge in [0.15, 0.2) is 13.2 Å². The average molecular weight is 356 g/mol. The molecule has 0 saturated carbocycles. The number of carboxylic acid groups (broad SMARTS) is 1. The summed E-state index contributed by atoms with van der Waals surface area (Å²) in [4.78, 5) is 22.4. The van der Waals surface area contributed by atoms with Crippen LogP contribution in [0.4, 0.5) is 0 Å². The fraction of sp³-hybridized carbons (Fsp3) is 0.211. The van der Waals surface area contributed by atoms with Gasteiger partial charge in [0.2, 0.25) is 0 Å². The predicted octanol–water partition coefficient (Wildman–Crippen LogP) is 2.30. The van der Waals surface area contributed by atoms with Gasteiger partial charge in [-0.1, -0.05) is 24.3 Å². The first-order valence-electron chi connectivity index (χ1n) is 7.92. The molecule has 0 saturated heterocycles. The minimum absolute atomic E-state index is 0.168. The van der Waals surface area contributed by atoms with Crippen molar-refractivity contribution in [1.82, 2.24) is 5.43 Å². The van der Waals surface area contributed by atoms with Gasteiger partial charge in [-0.25, -0.2) is 10.2 Å². The van der Waals surface area contributed by atoms with Crippen molar-refractivity contribution in [2.75, 3.05) is 13.2 Å². The molecule has 0 atom stereocenters. The minimum Gasteiger partial charge on any atom is -0.483 e. The van der Waals surface area contributed by atoms with Crippen molar-refractivity contribution in [3.05, 3.63) is 59.2 Å². The summed E-state index contributed by atoms with van der Waals surface area (Å²) in [5, 5.41) is 12.5. The first kappa shape index (κ1) is 19.0. The number of amides is 1. The quantitative estimate of drug-likeness (QED) is 0.559. The second-order valence-electron chi connectivity index (χ2n) is 5.50. The van der Waals surface area contributed by atoms with E-state index in [1.807, 2.05) is 26.0 Å². The predicted molar refractivity (Wildman–Crippen MR) is 96.7 cm³/mol. The number of para-hydroxylation sites is 1. The molecule has 7 heteroatoms. The van der Waals surface area contributed by atoms with Crippen LogP contribution in [0.5, 0.6) is 11.5 Å². The van der Waals surface area contributed by atoms with Crippen molar-refractivity contribution in [1.29, 1.82) is 0 Å².